The molecule has 1 aliphatic heterocycles. The van der Waals surface area contributed by atoms with E-state index in [2.05, 4.69) is 14.1 Å². The van der Waals surface area contributed by atoms with Gasteiger partial charge in [-0.25, -0.2) is 4.74 Å². The molecule has 0 unspecified atom stereocenters. The van der Waals surface area contributed by atoms with Crippen LogP contribution in [0.5, 0.6) is 11.5 Å². The predicted octanol–water partition coefficient (Wildman–Crippen LogP) is 1.04. The highest BCUT2D eigenvalue weighted by Crippen LogP contribution is 2.47. The third kappa shape index (κ3) is 2.50. The summed E-state index contributed by atoms with van der Waals surface area (Å²) in [5, 5.41) is 17.0. The van der Waals surface area contributed by atoms with Crippen LogP contribution in [0, 0.1) is 0 Å². The second-order valence-electron chi connectivity index (χ2n) is 3.29. The fourth-order valence-electron chi connectivity index (χ4n) is 1.37. The zero-order valence-electron chi connectivity index (χ0n) is 8.44. The maximum Gasteiger partial charge on any atom is 0.707 e. The van der Waals surface area contributed by atoms with Crippen molar-refractivity contribution >= 4 is 7.32 Å². The number of benzene rings is 1. The topological polar surface area (TPSA) is 68.2 Å². The summed E-state index contributed by atoms with van der Waals surface area (Å²) < 4.78 is 63.2. The molecule has 98 valence electrons. The molecule has 0 aromatic heterocycles. The van der Waals surface area contributed by atoms with E-state index in [1.54, 1.807) is 0 Å². The Labute approximate surface area is 97.7 Å². The van der Waals surface area contributed by atoms with Crippen molar-refractivity contribution in [2.24, 2.45) is 0 Å². The summed E-state index contributed by atoms with van der Waals surface area (Å²) in [6, 6.07) is 2.33. The Balaban J connectivity index is 2.40. The quantitative estimate of drug-likeness (QED) is 0.619. The molecule has 1 aliphatic rings. The van der Waals surface area contributed by atoms with Crippen molar-refractivity contribution < 1.29 is 41.7 Å². The van der Waals surface area contributed by atoms with E-state index in [-0.39, 0.29) is 5.75 Å². The molecular formula is C8H5BF4O5. The van der Waals surface area contributed by atoms with Gasteiger partial charge in [-0.1, -0.05) is 0 Å². The molecular weight excluding hydrogens is 263 g/mol. The molecule has 0 atom stereocenters. The van der Waals surface area contributed by atoms with Gasteiger partial charge in [0.2, 0.25) is 0 Å². The molecule has 2 rings (SSSR count). The van der Waals surface area contributed by atoms with Crippen molar-refractivity contribution in [3.63, 3.8) is 0 Å². The molecule has 2 N–H and O–H groups in total. The maximum atomic E-state index is 13.2. The van der Waals surface area contributed by atoms with Gasteiger partial charge in [0.1, 0.15) is 11.5 Å². The number of hydrogen-bond acceptors (Lipinski definition) is 5. The smallest absolute Gasteiger partial charge is 0.512 e. The zero-order valence-corrected chi connectivity index (χ0v) is 8.44. The fourth-order valence-corrected chi connectivity index (χ4v) is 1.37. The van der Waals surface area contributed by atoms with E-state index < -0.39 is 31.0 Å². The molecule has 18 heavy (non-hydrogen) atoms. The number of hydrogen-bond donors (Lipinski definition) is 2. The molecule has 0 aliphatic carbocycles. The lowest BCUT2D eigenvalue weighted by Gasteiger charge is -2.30. The molecule has 0 saturated carbocycles. The number of halogens is 4. The van der Waals surface area contributed by atoms with Crippen LogP contribution in [0.4, 0.5) is 17.6 Å². The average molecular weight is 268 g/mol. The van der Waals surface area contributed by atoms with Crippen molar-refractivity contribution in [2.45, 2.75) is 12.4 Å². The van der Waals surface area contributed by atoms with Crippen LogP contribution < -0.4 is 9.39 Å². The van der Waals surface area contributed by atoms with E-state index >= 15 is 0 Å². The normalized spacial score (nSPS) is 19.7. The minimum absolute atomic E-state index is 0.374. The van der Waals surface area contributed by atoms with Gasteiger partial charge in [-0.05, 0) is 18.2 Å². The Morgan fingerprint density at radius 3 is 2.44 bits per heavy atom. The highest BCUT2D eigenvalue weighted by Gasteiger charge is 2.54. The van der Waals surface area contributed by atoms with E-state index in [0.717, 1.165) is 12.1 Å². The second kappa shape index (κ2) is 4.00. The summed E-state index contributed by atoms with van der Waals surface area (Å²) in [5.74, 6) is -1.17. The SMILES string of the molecule is OB(O)Oc1ccc2c(c1)C(F)(F)OC(F)(F)O2. The Morgan fingerprint density at radius 2 is 1.83 bits per heavy atom. The highest BCUT2D eigenvalue weighted by atomic mass is 19.3. The maximum absolute atomic E-state index is 13.2. The molecule has 0 radical (unpaired) electrons. The third-order valence-corrected chi connectivity index (χ3v) is 1.98. The predicted molar refractivity (Wildman–Crippen MR) is 47.8 cm³/mol. The monoisotopic (exact) mass is 268 g/mol. The first-order valence-electron chi connectivity index (χ1n) is 4.52. The first-order chi connectivity index (χ1) is 8.20. The van der Waals surface area contributed by atoms with Crippen LogP contribution >= 0.6 is 0 Å². The van der Waals surface area contributed by atoms with Gasteiger partial charge in [-0.15, -0.1) is 8.78 Å². The third-order valence-electron chi connectivity index (χ3n) is 1.98. The van der Waals surface area contributed by atoms with Crippen molar-refractivity contribution in [3.8, 4) is 11.5 Å². The van der Waals surface area contributed by atoms with Gasteiger partial charge in [0.05, 0.1) is 5.56 Å². The lowest BCUT2D eigenvalue weighted by atomic mass is 10.1. The van der Waals surface area contributed by atoms with Crippen LogP contribution in [-0.2, 0) is 10.8 Å². The molecule has 0 amide bonds. The molecule has 1 aromatic rings. The van der Waals surface area contributed by atoms with Crippen LogP contribution in [0.2, 0.25) is 0 Å². The molecule has 0 spiro atoms. The number of fused-ring (bicyclic) bond motifs is 1. The highest BCUT2D eigenvalue weighted by molar-refractivity contribution is 6.33. The summed E-state index contributed by atoms with van der Waals surface area (Å²) in [7, 11) is -2.23. The molecule has 0 fully saturated rings. The lowest BCUT2D eigenvalue weighted by molar-refractivity contribution is -0.461. The van der Waals surface area contributed by atoms with Gasteiger partial charge < -0.3 is 19.4 Å². The molecule has 1 heterocycles. The van der Waals surface area contributed by atoms with Crippen LogP contribution in [0.3, 0.4) is 0 Å². The first kappa shape index (κ1) is 12.9. The standard InChI is InChI=1S/C8H5BF4O5/c10-7(11)5-3-4(17-9(14)15)1-2-6(5)16-8(12,13)18-7/h1-3,14-15H. The molecule has 0 bridgehead atoms. The van der Waals surface area contributed by atoms with Crippen molar-refractivity contribution in [1.82, 2.24) is 0 Å². The minimum Gasteiger partial charge on any atom is -0.512 e. The van der Waals surface area contributed by atoms with Crippen molar-refractivity contribution in [3.05, 3.63) is 23.8 Å². The molecule has 1 aromatic carbocycles. The van der Waals surface area contributed by atoms with Crippen molar-refractivity contribution in [1.29, 1.82) is 0 Å². The van der Waals surface area contributed by atoms with Crippen LogP contribution in [0.1, 0.15) is 5.56 Å². The number of ether oxygens (including phenoxy) is 2. The fraction of sp³-hybridized carbons (Fsp3) is 0.250. The first-order valence-corrected chi connectivity index (χ1v) is 4.52. The largest absolute Gasteiger partial charge is 0.707 e. The van der Waals surface area contributed by atoms with E-state index in [1.165, 1.54) is 0 Å². The summed E-state index contributed by atoms with van der Waals surface area (Å²) >= 11 is 0. The van der Waals surface area contributed by atoms with Crippen LogP contribution in [-0.4, -0.2) is 23.7 Å². The van der Waals surface area contributed by atoms with Crippen molar-refractivity contribution in [2.75, 3.05) is 0 Å². The van der Waals surface area contributed by atoms with E-state index in [4.69, 9.17) is 10.0 Å². The lowest BCUT2D eigenvalue weighted by Crippen LogP contribution is -2.41. The number of rotatable bonds is 2. The van der Waals surface area contributed by atoms with Gasteiger partial charge in [0.25, 0.3) is 0 Å². The summed E-state index contributed by atoms with van der Waals surface area (Å²) in [6.45, 7) is 0. The van der Waals surface area contributed by atoms with E-state index in [0.29, 0.717) is 6.07 Å². The van der Waals surface area contributed by atoms with Gasteiger partial charge in [-0.2, -0.15) is 8.78 Å². The zero-order chi connectivity index (χ0) is 13.6. The van der Waals surface area contributed by atoms with Gasteiger partial charge in [-0.3, -0.25) is 0 Å². The second-order valence-corrected chi connectivity index (χ2v) is 3.29. The molecule has 5 nitrogen and oxygen atoms in total. The van der Waals surface area contributed by atoms with Gasteiger partial charge in [0, 0.05) is 0 Å². The molecule has 0 saturated heterocycles. The van der Waals surface area contributed by atoms with Crippen LogP contribution in [0.25, 0.3) is 0 Å². The summed E-state index contributed by atoms with van der Waals surface area (Å²) in [5.41, 5.74) is -1.01. The average Bonchev–Trinajstić information content (AvgIpc) is 2.15. The number of alkyl halides is 4. The van der Waals surface area contributed by atoms with Gasteiger partial charge in [0.15, 0.2) is 0 Å². The Hall–Kier alpha value is -1.52. The Kier molecular flexibility index (Phi) is 2.88. The Bertz CT molecular complexity index is 467. The summed E-state index contributed by atoms with van der Waals surface area (Å²) in [4.78, 5) is 0. The van der Waals surface area contributed by atoms with Crippen LogP contribution in [0.15, 0.2) is 18.2 Å². The molecule has 10 heteroatoms. The van der Waals surface area contributed by atoms with E-state index in [1.807, 2.05) is 0 Å². The minimum atomic E-state index is -4.45. The van der Waals surface area contributed by atoms with Gasteiger partial charge >= 0.3 is 19.7 Å². The summed E-state index contributed by atoms with van der Waals surface area (Å²) in [6.07, 6.45) is -8.74. The van der Waals surface area contributed by atoms with E-state index in [9.17, 15) is 17.6 Å². The Morgan fingerprint density at radius 1 is 1.17 bits per heavy atom.